The molecule has 2 aliphatic heterocycles. The molecule has 2 heterocycles. The van der Waals surface area contributed by atoms with Crippen LogP contribution in [0.15, 0.2) is 24.1 Å². The Morgan fingerprint density at radius 3 is 3.00 bits per heavy atom. The van der Waals surface area contributed by atoms with Crippen LogP contribution >= 0.6 is 0 Å². The molecule has 0 bridgehead atoms. The lowest BCUT2D eigenvalue weighted by Gasteiger charge is -2.41. The zero-order valence-electron chi connectivity index (χ0n) is 9.61. The van der Waals surface area contributed by atoms with Gasteiger partial charge in [-0.05, 0) is 13.0 Å². The number of rotatable bonds is 1. The fraction of sp³-hybridized carbons (Fsp3) is 0.583. The van der Waals surface area contributed by atoms with Gasteiger partial charge in [0.25, 0.3) is 5.70 Å². The predicted molar refractivity (Wildman–Crippen MR) is 59.5 cm³/mol. The first kappa shape index (κ1) is 11.2. The van der Waals surface area contributed by atoms with Gasteiger partial charge in [0.2, 0.25) is 0 Å². The van der Waals surface area contributed by atoms with Gasteiger partial charge < -0.3 is 9.84 Å². The molecule has 0 radical (unpaired) electrons. The highest BCUT2D eigenvalue weighted by Gasteiger charge is 2.51. The summed E-state index contributed by atoms with van der Waals surface area (Å²) < 4.78 is 5.56. The molecule has 0 amide bonds. The van der Waals surface area contributed by atoms with E-state index in [1.54, 1.807) is 6.92 Å². The number of morpholine rings is 1. The molecule has 0 aromatic carbocycles. The number of hydrogen-bond acceptors (Lipinski definition) is 3. The van der Waals surface area contributed by atoms with Crippen molar-refractivity contribution in [1.29, 1.82) is 0 Å². The van der Waals surface area contributed by atoms with E-state index in [0.717, 1.165) is 25.9 Å². The minimum Gasteiger partial charge on any atom is -0.506 e. The average Bonchev–Trinajstić information content (AvgIpc) is 2.60. The zero-order valence-corrected chi connectivity index (χ0v) is 9.61. The summed E-state index contributed by atoms with van der Waals surface area (Å²) >= 11 is 0. The van der Waals surface area contributed by atoms with Gasteiger partial charge in [0.05, 0.1) is 6.54 Å². The van der Waals surface area contributed by atoms with E-state index in [4.69, 9.17) is 4.74 Å². The van der Waals surface area contributed by atoms with E-state index in [-0.39, 0.29) is 17.8 Å². The van der Waals surface area contributed by atoms with Crippen molar-refractivity contribution in [3.63, 3.8) is 0 Å². The maximum absolute atomic E-state index is 11.8. The van der Waals surface area contributed by atoms with Crippen LogP contribution in [0, 0.1) is 0 Å². The van der Waals surface area contributed by atoms with Gasteiger partial charge in [0.15, 0.2) is 5.76 Å². The third kappa shape index (κ3) is 1.45. The van der Waals surface area contributed by atoms with Gasteiger partial charge >= 0.3 is 5.97 Å². The highest BCUT2D eigenvalue weighted by Crippen LogP contribution is 2.36. The van der Waals surface area contributed by atoms with Crippen molar-refractivity contribution in [2.24, 2.45) is 0 Å². The van der Waals surface area contributed by atoms with Gasteiger partial charge in [-0.1, -0.05) is 6.58 Å². The molecule has 0 aliphatic carbocycles. The number of carbonyl (C=O) groups is 1. The molecular weight excluding hydrogens is 206 g/mol. The Balaban J connectivity index is 2.48. The lowest BCUT2D eigenvalue weighted by atomic mass is 10.1. The van der Waals surface area contributed by atoms with Crippen molar-refractivity contribution < 1.29 is 19.1 Å². The Kier molecular flexibility index (Phi) is 2.76. The third-order valence-electron chi connectivity index (χ3n) is 3.67. The third-order valence-corrected chi connectivity index (χ3v) is 3.67. The van der Waals surface area contributed by atoms with Crippen LogP contribution in [0.3, 0.4) is 0 Å². The molecule has 2 saturated heterocycles. The summed E-state index contributed by atoms with van der Waals surface area (Å²) in [6.07, 6.45) is 3.98. The second-order valence-corrected chi connectivity index (χ2v) is 4.50. The average molecular weight is 224 g/mol. The second-order valence-electron chi connectivity index (χ2n) is 4.50. The Bertz CT molecular complexity index is 357. The van der Waals surface area contributed by atoms with E-state index >= 15 is 0 Å². The van der Waals surface area contributed by atoms with Gasteiger partial charge in [-0.2, -0.15) is 0 Å². The van der Waals surface area contributed by atoms with Crippen molar-refractivity contribution in [2.75, 3.05) is 19.7 Å². The molecular formula is C12H18NO3+. The van der Waals surface area contributed by atoms with Gasteiger partial charge in [-0.15, -0.1) is 0 Å². The highest BCUT2D eigenvalue weighted by atomic mass is 16.5. The number of aliphatic hydroxyl groups is 1. The Morgan fingerprint density at radius 1 is 1.62 bits per heavy atom. The number of carbonyl (C=O) groups excluding carboxylic acids is 1. The number of cyclic esters (lactones) is 1. The summed E-state index contributed by atoms with van der Waals surface area (Å²) in [5.74, 6) is -0.293. The minimum atomic E-state index is -0.375. The number of esters is 1. The standard InChI is InChI=1S/C12H17NO3/c1-3-10-5-4-6-13(10)7-8-16-12(15)11(13)9(2)14/h3,10H,1,4-8H2,2H3/p+1/t10-,13+/m1/s1. The molecule has 1 spiro atoms. The lowest BCUT2D eigenvalue weighted by molar-refractivity contribution is -0.898. The van der Waals surface area contributed by atoms with E-state index in [1.807, 2.05) is 6.08 Å². The molecule has 4 heteroatoms. The van der Waals surface area contributed by atoms with Crippen LogP contribution in [0.1, 0.15) is 19.8 Å². The number of ether oxygens (including phenoxy) is 1. The van der Waals surface area contributed by atoms with E-state index in [2.05, 4.69) is 6.58 Å². The van der Waals surface area contributed by atoms with E-state index in [1.165, 1.54) is 0 Å². The van der Waals surface area contributed by atoms with Crippen LogP contribution in [0.5, 0.6) is 0 Å². The number of hydrogen-bond donors (Lipinski definition) is 1. The Labute approximate surface area is 95.4 Å². The van der Waals surface area contributed by atoms with Gasteiger partial charge in [-0.25, -0.2) is 4.79 Å². The molecule has 0 unspecified atom stereocenters. The first-order chi connectivity index (χ1) is 7.62. The lowest BCUT2D eigenvalue weighted by Crippen LogP contribution is -2.57. The number of nitrogens with zero attached hydrogens (tertiary/aromatic N) is 1. The van der Waals surface area contributed by atoms with E-state index < -0.39 is 0 Å². The minimum absolute atomic E-state index is 0.0819. The molecule has 0 saturated carbocycles. The smallest absolute Gasteiger partial charge is 0.396 e. The molecule has 1 N–H and O–H groups in total. The normalized spacial score (nSPS) is 37.3. The summed E-state index contributed by atoms with van der Waals surface area (Å²) in [5, 5.41) is 9.72. The van der Waals surface area contributed by atoms with E-state index in [0.29, 0.717) is 16.8 Å². The molecule has 2 atom stereocenters. The van der Waals surface area contributed by atoms with Crippen molar-refractivity contribution in [3.05, 3.63) is 24.1 Å². The second kappa shape index (κ2) is 3.94. The summed E-state index contributed by atoms with van der Waals surface area (Å²) in [5.41, 5.74) is 0.425. The first-order valence-electron chi connectivity index (χ1n) is 5.68. The van der Waals surface area contributed by atoms with Crippen LogP contribution in [-0.4, -0.2) is 41.3 Å². The van der Waals surface area contributed by atoms with Crippen LogP contribution < -0.4 is 0 Å². The van der Waals surface area contributed by atoms with Gasteiger partial charge in [0.1, 0.15) is 19.2 Å². The fourth-order valence-corrected chi connectivity index (χ4v) is 3.00. The summed E-state index contributed by atoms with van der Waals surface area (Å²) in [6, 6.07) is 0.227. The van der Waals surface area contributed by atoms with Crippen molar-refractivity contribution in [1.82, 2.24) is 0 Å². The zero-order chi connectivity index (χ0) is 11.8. The SMILES string of the molecule is C=C[C@@H]1CCC[N@+]12CCOC(=O)/C2=C(\C)O. The summed E-state index contributed by atoms with van der Waals surface area (Å²) in [4.78, 5) is 11.8. The molecule has 2 aliphatic rings. The molecule has 0 aromatic rings. The molecule has 2 fully saturated rings. The van der Waals surface area contributed by atoms with Crippen molar-refractivity contribution in [3.8, 4) is 0 Å². The topological polar surface area (TPSA) is 46.5 Å². The number of quaternary nitrogens is 1. The maximum atomic E-state index is 11.8. The molecule has 16 heavy (non-hydrogen) atoms. The van der Waals surface area contributed by atoms with Gasteiger partial charge in [-0.3, -0.25) is 4.48 Å². The van der Waals surface area contributed by atoms with Crippen molar-refractivity contribution >= 4 is 5.97 Å². The first-order valence-corrected chi connectivity index (χ1v) is 5.68. The number of aliphatic hydroxyl groups excluding tert-OH is 1. The largest absolute Gasteiger partial charge is 0.506 e. The fourth-order valence-electron chi connectivity index (χ4n) is 3.00. The van der Waals surface area contributed by atoms with Crippen molar-refractivity contribution in [2.45, 2.75) is 25.8 Å². The maximum Gasteiger partial charge on any atom is 0.396 e. The predicted octanol–water partition coefficient (Wildman–Crippen LogP) is 1.50. The quantitative estimate of drug-likeness (QED) is 0.241. The molecule has 88 valence electrons. The highest BCUT2D eigenvalue weighted by molar-refractivity contribution is 5.87. The van der Waals surface area contributed by atoms with Crippen LogP contribution in [-0.2, 0) is 9.53 Å². The van der Waals surface area contributed by atoms with Crippen LogP contribution in [0.25, 0.3) is 0 Å². The summed E-state index contributed by atoms with van der Waals surface area (Å²) in [7, 11) is 0. The van der Waals surface area contributed by atoms with E-state index in [9.17, 15) is 9.90 Å². The Hall–Kier alpha value is -1.29. The van der Waals surface area contributed by atoms with Gasteiger partial charge in [0, 0.05) is 12.8 Å². The molecule has 4 nitrogen and oxygen atoms in total. The Morgan fingerprint density at radius 2 is 2.38 bits per heavy atom. The molecule has 0 aromatic heterocycles. The molecule has 2 rings (SSSR count). The van der Waals surface area contributed by atoms with Crippen LogP contribution in [0.2, 0.25) is 0 Å². The monoisotopic (exact) mass is 224 g/mol. The number of allylic oxidation sites excluding steroid dienone is 1. The summed E-state index contributed by atoms with van der Waals surface area (Å²) in [6.45, 7) is 7.46. The van der Waals surface area contributed by atoms with Crippen LogP contribution in [0.4, 0.5) is 0 Å².